The molecule has 294 valence electrons. The highest BCUT2D eigenvalue weighted by Gasteiger charge is 2.62. The average molecular weight is 770 g/mol. The van der Waals surface area contributed by atoms with Crippen molar-refractivity contribution in [2.75, 3.05) is 13.7 Å². The van der Waals surface area contributed by atoms with Gasteiger partial charge in [0.05, 0.1) is 19.3 Å². The summed E-state index contributed by atoms with van der Waals surface area (Å²) in [7, 11) is -2.86. The third-order valence-corrected chi connectivity index (χ3v) is 12.9. The van der Waals surface area contributed by atoms with Gasteiger partial charge in [-0.15, -0.1) is 0 Å². The predicted octanol–water partition coefficient (Wildman–Crippen LogP) is 4.03. The topological polar surface area (TPSA) is 192 Å². The molecule has 0 radical (unpaired) electrons. The largest absolute Gasteiger partial charge is 0.497 e. The van der Waals surface area contributed by atoms with Gasteiger partial charge in [-0.3, -0.25) is 14.4 Å². The fourth-order valence-electron chi connectivity index (χ4n) is 7.93. The number of alkyl carbamates (subject to hydrolysis) is 1. The van der Waals surface area contributed by atoms with E-state index in [1.165, 1.54) is 4.90 Å². The van der Waals surface area contributed by atoms with E-state index in [-0.39, 0.29) is 31.2 Å². The van der Waals surface area contributed by atoms with Crippen molar-refractivity contribution in [3.63, 3.8) is 0 Å². The van der Waals surface area contributed by atoms with E-state index in [0.29, 0.717) is 36.3 Å². The van der Waals surface area contributed by atoms with Crippen LogP contribution in [0.5, 0.6) is 11.6 Å². The zero-order valence-corrected chi connectivity index (χ0v) is 32.2. The lowest BCUT2D eigenvalue weighted by Crippen LogP contribution is -2.59. The van der Waals surface area contributed by atoms with Crippen LogP contribution < -0.4 is 24.8 Å². The number of hydrogen-bond acceptors (Lipinski definition) is 11. The van der Waals surface area contributed by atoms with Gasteiger partial charge in [0, 0.05) is 18.0 Å². The molecule has 5 fully saturated rings. The number of pyridine rings is 1. The van der Waals surface area contributed by atoms with Crippen molar-refractivity contribution in [3.8, 4) is 11.6 Å². The van der Waals surface area contributed by atoms with Crippen LogP contribution in [-0.2, 0) is 33.6 Å². The van der Waals surface area contributed by atoms with Gasteiger partial charge < -0.3 is 29.7 Å². The molecule has 5 atom stereocenters. The molecule has 0 bridgehead atoms. The summed E-state index contributed by atoms with van der Waals surface area (Å²) in [6.45, 7) is 5.35. The molecule has 2 aromatic rings. The normalized spacial score (nSPS) is 27.3. The maximum atomic E-state index is 14.7. The number of benzene rings is 1. The van der Waals surface area contributed by atoms with E-state index in [4.69, 9.17) is 18.4 Å². The number of hydrogen-bond donors (Lipinski definition) is 3. The number of fused-ring (bicyclic) bond motifs is 1. The van der Waals surface area contributed by atoms with E-state index in [1.54, 1.807) is 26.3 Å². The highest BCUT2D eigenvalue weighted by Crippen LogP contribution is 2.47. The van der Waals surface area contributed by atoms with Gasteiger partial charge in [-0.2, -0.15) is 8.42 Å². The van der Waals surface area contributed by atoms with Gasteiger partial charge in [-0.1, -0.05) is 32.6 Å². The van der Waals surface area contributed by atoms with E-state index in [9.17, 15) is 27.6 Å². The molecule has 5 aliphatic rings. The number of nitrogens with zero attached hydrogens (tertiary/aromatic N) is 2. The minimum atomic E-state index is -4.44. The Kier molecular flexibility index (Phi) is 10.2. The molecule has 3 N–H and O–H groups in total. The van der Waals surface area contributed by atoms with Crippen molar-refractivity contribution in [1.29, 1.82) is 0 Å². The lowest BCUT2D eigenvalue weighted by molar-refractivity contribution is -0.142. The standard InChI is InChI=1S/C38H51N5O10S/c1-5-25-21-38(25,34(46)42-54(48,49)53-37(3)16-17-37)41-31(44)29-20-27(51-32-28-12-11-26(50-4)19-24(28)13-18-39-32)22-43(29)33(45)30(23-9-7-6-8-10-23)40-35(47)52-36(2)14-15-36/h11-13,18-19,23,25,27,29-30H,5-10,14-17,20-22H2,1-4H3,(H,40,47)(H,41,44)(H,42,46)/t25-,27-,29+,30+,38-/m1/s1. The molecular weight excluding hydrogens is 719 g/mol. The van der Waals surface area contributed by atoms with E-state index in [0.717, 1.165) is 50.3 Å². The summed E-state index contributed by atoms with van der Waals surface area (Å²) in [5, 5.41) is 7.27. The second-order valence-electron chi connectivity index (χ2n) is 16.2. The first kappa shape index (κ1) is 38.1. The molecule has 54 heavy (non-hydrogen) atoms. The summed E-state index contributed by atoms with van der Waals surface area (Å²) in [6.07, 6.45) is 7.86. The molecule has 2 heterocycles. The number of likely N-dealkylation sites (tertiary alicyclic amines) is 1. The highest BCUT2D eigenvalue weighted by atomic mass is 32.2. The molecule has 1 aromatic heterocycles. The van der Waals surface area contributed by atoms with Crippen molar-refractivity contribution >= 4 is 44.9 Å². The molecule has 1 aliphatic heterocycles. The van der Waals surface area contributed by atoms with Crippen molar-refractivity contribution in [2.45, 2.75) is 133 Å². The van der Waals surface area contributed by atoms with E-state index < -0.39 is 69.0 Å². The van der Waals surface area contributed by atoms with Gasteiger partial charge in [0.25, 0.3) is 5.91 Å². The minimum Gasteiger partial charge on any atom is -0.497 e. The molecule has 0 spiro atoms. The van der Waals surface area contributed by atoms with Crippen molar-refractivity contribution < 1.29 is 46.0 Å². The van der Waals surface area contributed by atoms with Crippen LogP contribution in [0.15, 0.2) is 30.5 Å². The number of carbonyl (C=O) groups excluding carboxylic acids is 4. The number of carbonyl (C=O) groups is 4. The Morgan fingerprint density at radius 2 is 1.74 bits per heavy atom. The molecule has 4 saturated carbocycles. The number of aromatic nitrogens is 1. The Labute approximate surface area is 315 Å². The van der Waals surface area contributed by atoms with Crippen LogP contribution in [0.3, 0.4) is 0 Å². The second kappa shape index (κ2) is 14.5. The monoisotopic (exact) mass is 769 g/mol. The first-order valence-electron chi connectivity index (χ1n) is 19.1. The van der Waals surface area contributed by atoms with Gasteiger partial charge >= 0.3 is 16.4 Å². The van der Waals surface area contributed by atoms with E-state index in [1.807, 2.05) is 36.8 Å². The predicted molar refractivity (Wildman–Crippen MR) is 196 cm³/mol. The Morgan fingerprint density at radius 1 is 1.02 bits per heavy atom. The van der Waals surface area contributed by atoms with Gasteiger partial charge in [0.1, 0.15) is 35.1 Å². The summed E-state index contributed by atoms with van der Waals surface area (Å²) in [4.78, 5) is 61.9. The second-order valence-corrected chi connectivity index (χ2v) is 17.5. The molecule has 1 aromatic carbocycles. The number of methoxy groups -OCH3 is 1. The van der Waals surface area contributed by atoms with Crippen LogP contribution >= 0.6 is 0 Å². The smallest absolute Gasteiger partial charge is 0.408 e. The number of nitrogens with one attached hydrogen (secondary N) is 3. The summed E-state index contributed by atoms with van der Waals surface area (Å²) < 4.78 is 50.4. The van der Waals surface area contributed by atoms with Crippen LogP contribution in [0.25, 0.3) is 10.8 Å². The molecule has 16 heteroatoms. The average Bonchev–Trinajstić information content (AvgIpc) is 4.10. The van der Waals surface area contributed by atoms with E-state index >= 15 is 0 Å². The van der Waals surface area contributed by atoms with Gasteiger partial charge in [0.2, 0.25) is 17.7 Å². The zero-order chi connectivity index (χ0) is 38.5. The quantitative estimate of drug-likeness (QED) is 0.251. The van der Waals surface area contributed by atoms with Crippen LogP contribution in [0.1, 0.15) is 97.8 Å². The maximum Gasteiger partial charge on any atom is 0.408 e. The number of amides is 4. The highest BCUT2D eigenvalue weighted by molar-refractivity contribution is 7.85. The fourth-order valence-corrected chi connectivity index (χ4v) is 9.08. The Balaban J connectivity index is 1.16. The van der Waals surface area contributed by atoms with Crippen molar-refractivity contribution in [1.82, 2.24) is 25.2 Å². The summed E-state index contributed by atoms with van der Waals surface area (Å²) in [6, 6.07) is 5.24. The van der Waals surface area contributed by atoms with Crippen LogP contribution in [-0.4, -0.2) is 90.7 Å². The molecule has 0 unspecified atom stereocenters. The molecule has 4 amide bonds. The SMILES string of the molecule is CC[C@@H]1C[C@]1(NC(=O)[C@@H]1C[C@@H](Oc2nccc3cc(OC)ccc23)CN1C(=O)[C@@H](NC(=O)OC1(C)CC1)C1CCCCC1)C(=O)NS(=O)(=O)OC1(C)CC1. The number of rotatable bonds is 14. The van der Waals surface area contributed by atoms with Crippen molar-refractivity contribution in [3.05, 3.63) is 30.5 Å². The lowest BCUT2D eigenvalue weighted by Gasteiger charge is -2.34. The number of ether oxygens (including phenoxy) is 3. The molecular formula is C38H51N5O10S. The summed E-state index contributed by atoms with van der Waals surface area (Å²) in [5.74, 6) is -1.49. The van der Waals surface area contributed by atoms with Crippen LogP contribution in [0.4, 0.5) is 4.79 Å². The van der Waals surface area contributed by atoms with Crippen molar-refractivity contribution in [2.24, 2.45) is 11.8 Å². The van der Waals surface area contributed by atoms with E-state index in [2.05, 4.69) is 15.6 Å². The molecule has 1 saturated heterocycles. The summed E-state index contributed by atoms with van der Waals surface area (Å²) >= 11 is 0. The summed E-state index contributed by atoms with van der Waals surface area (Å²) in [5.41, 5.74) is -2.92. The molecule has 4 aliphatic carbocycles. The third-order valence-electron chi connectivity index (χ3n) is 11.8. The van der Waals surface area contributed by atoms with Crippen LogP contribution in [0.2, 0.25) is 0 Å². The first-order chi connectivity index (χ1) is 25.7. The fraction of sp³-hybridized carbons (Fsp3) is 0.658. The zero-order valence-electron chi connectivity index (χ0n) is 31.4. The van der Waals surface area contributed by atoms with Gasteiger partial charge in [-0.05, 0) is 100 Å². The molecule has 15 nitrogen and oxygen atoms in total. The Hall–Kier alpha value is -4.18. The minimum absolute atomic E-state index is 0.00000980. The Bertz CT molecular complexity index is 1910. The third kappa shape index (κ3) is 8.24. The van der Waals surface area contributed by atoms with Gasteiger partial charge in [-0.25, -0.2) is 18.7 Å². The van der Waals surface area contributed by atoms with Crippen LogP contribution in [0, 0.1) is 11.8 Å². The Morgan fingerprint density at radius 3 is 2.39 bits per heavy atom. The maximum absolute atomic E-state index is 14.7. The van der Waals surface area contributed by atoms with Gasteiger partial charge in [0.15, 0.2) is 0 Å². The lowest BCUT2D eigenvalue weighted by atomic mass is 9.83. The molecule has 7 rings (SSSR count). The first-order valence-corrected chi connectivity index (χ1v) is 20.6.